The zero-order valence-electron chi connectivity index (χ0n) is 10.2. The predicted octanol–water partition coefficient (Wildman–Crippen LogP) is 2.66. The van der Waals surface area contributed by atoms with Gasteiger partial charge in [-0.2, -0.15) is 0 Å². The topological polar surface area (TPSA) is 30.5 Å². The van der Waals surface area contributed by atoms with Crippen LogP contribution in [0, 0.1) is 0 Å². The minimum Gasteiger partial charge on any atom is -0.337 e. The Morgan fingerprint density at radius 2 is 1.67 bits per heavy atom. The lowest BCUT2D eigenvalue weighted by atomic mass is 10.3. The van der Waals surface area contributed by atoms with Gasteiger partial charge in [0.1, 0.15) is 0 Å². The lowest BCUT2D eigenvalue weighted by molar-refractivity contribution is -0.247. The van der Waals surface area contributed by atoms with E-state index in [1.54, 1.807) is 0 Å². The summed E-state index contributed by atoms with van der Waals surface area (Å²) in [6.07, 6.45) is 6.70. The van der Waals surface area contributed by atoms with Crippen molar-refractivity contribution in [3.63, 3.8) is 0 Å². The van der Waals surface area contributed by atoms with Crippen LogP contribution in [0.25, 0.3) is 0 Å². The Morgan fingerprint density at radius 3 is 2.07 bits per heavy atom. The molecule has 1 saturated heterocycles. The van der Waals surface area contributed by atoms with Gasteiger partial charge in [-0.15, -0.1) is 0 Å². The number of hydrogen-bond donors (Lipinski definition) is 1. The van der Waals surface area contributed by atoms with Gasteiger partial charge in [-0.25, -0.2) is 0 Å². The van der Waals surface area contributed by atoms with Crippen LogP contribution >= 0.6 is 0 Å². The van der Waals surface area contributed by atoms with Crippen LogP contribution in [0.2, 0.25) is 0 Å². The predicted molar refractivity (Wildman–Crippen MR) is 61.7 cm³/mol. The third kappa shape index (κ3) is 4.49. The average molecular weight is 215 g/mol. The molecular formula is C12H25NO2. The van der Waals surface area contributed by atoms with Crippen molar-refractivity contribution in [2.24, 2.45) is 0 Å². The summed E-state index contributed by atoms with van der Waals surface area (Å²) < 4.78 is 11.7. The Labute approximate surface area is 93.5 Å². The van der Waals surface area contributed by atoms with Gasteiger partial charge in [-0.3, -0.25) is 5.32 Å². The average Bonchev–Trinajstić information content (AvgIpc) is 2.68. The maximum Gasteiger partial charge on any atom is 0.227 e. The first-order valence-corrected chi connectivity index (χ1v) is 6.36. The normalized spacial score (nSPS) is 19.6. The third-order valence-corrected chi connectivity index (χ3v) is 2.74. The van der Waals surface area contributed by atoms with Crippen LogP contribution in [-0.4, -0.2) is 25.7 Å². The fraction of sp³-hybridized carbons (Fsp3) is 1.00. The van der Waals surface area contributed by atoms with Crippen LogP contribution in [0.1, 0.15) is 52.4 Å². The second-order valence-electron chi connectivity index (χ2n) is 4.19. The smallest absolute Gasteiger partial charge is 0.227 e. The van der Waals surface area contributed by atoms with E-state index in [0.717, 1.165) is 45.4 Å². The molecule has 0 atom stereocenters. The molecule has 0 aliphatic carbocycles. The summed E-state index contributed by atoms with van der Waals surface area (Å²) in [6, 6.07) is 0. The van der Waals surface area contributed by atoms with E-state index in [1.807, 2.05) is 0 Å². The summed E-state index contributed by atoms with van der Waals surface area (Å²) in [6.45, 7) is 6.97. The molecule has 0 amide bonds. The first kappa shape index (κ1) is 12.9. The first-order valence-electron chi connectivity index (χ1n) is 6.36. The summed E-state index contributed by atoms with van der Waals surface area (Å²) in [5, 5.41) is 3.34. The molecule has 1 aliphatic heterocycles. The van der Waals surface area contributed by atoms with E-state index in [1.165, 1.54) is 12.8 Å². The molecule has 0 aromatic carbocycles. The van der Waals surface area contributed by atoms with Crippen molar-refractivity contribution in [2.75, 3.05) is 19.8 Å². The SMILES string of the molecule is CCCCOC1(OCCCC)CCCN1. The molecule has 0 saturated carbocycles. The molecule has 0 spiro atoms. The number of ether oxygens (including phenoxy) is 2. The molecule has 0 aromatic heterocycles. The zero-order chi connectivity index (χ0) is 11.0. The molecule has 0 unspecified atom stereocenters. The van der Waals surface area contributed by atoms with Crippen LogP contribution in [0.3, 0.4) is 0 Å². The number of rotatable bonds is 8. The summed E-state index contributed by atoms with van der Waals surface area (Å²) in [7, 11) is 0. The van der Waals surface area contributed by atoms with Gasteiger partial charge in [0.15, 0.2) is 0 Å². The van der Waals surface area contributed by atoms with Gasteiger partial charge in [0.25, 0.3) is 0 Å². The molecule has 3 nitrogen and oxygen atoms in total. The molecule has 0 aromatic rings. The second-order valence-corrected chi connectivity index (χ2v) is 4.19. The zero-order valence-corrected chi connectivity index (χ0v) is 10.2. The van der Waals surface area contributed by atoms with E-state index in [4.69, 9.17) is 9.47 Å². The van der Waals surface area contributed by atoms with E-state index in [2.05, 4.69) is 19.2 Å². The first-order chi connectivity index (χ1) is 7.33. The molecular weight excluding hydrogens is 190 g/mol. The van der Waals surface area contributed by atoms with E-state index in [0.29, 0.717) is 0 Å². The fourth-order valence-electron chi connectivity index (χ4n) is 1.74. The molecule has 1 rings (SSSR count). The fourth-order valence-corrected chi connectivity index (χ4v) is 1.74. The van der Waals surface area contributed by atoms with Crippen molar-refractivity contribution >= 4 is 0 Å². The van der Waals surface area contributed by atoms with Crippen LogP contribution in [0.15, 0.2) is 0 Å². The Kier molecular flexibility index (Phi) is 6.22. The lowest BCUT2D eigenvalue weighted by Crippen LogP contribution is -2.45. The van der Waals surface area contributed by atoms with Gasteiger partial charge in [-0.1, -0.05) is 26.7 Å². The largest absolute Gasteiger partial charge is 0.337 e. The minimum atomic E-state index is -0.454. The summed E-state index contributed by atoms with van der Waals surface area (Å²) in [4.78, 5) is 0. The van der Waals surface area contributed by atoms with Crippen molar-refractivity contribution in [3.8, 4) is 0 Å². The molecule has 1 fully saturated rings. The third-order valence-electron chi connectivity index (χ3n) is 2.74. The number of nitrogens with one attached hydrogen (secondary N) is 1. The lowest BCUT2D eigenvalue weighted by Gasteiger charge is -2.29. The highest BCUT2D eigenvalue weighted by Crippen LogP contribution is 2.23. The molecule has 1 N–H and O–H groups in total. The standard InChI is InChI=1S/C12H25NO2/c1-3-5-10-14-12(8-7-9-13-12)15-11-6-4-2/h13H,3-11H2,1-2H3. The van der Waals surface area contributed by atoms with Crippen molar-refractivity contribution in [2.45, 2.75) is 58.3 Å². The van der Waals surface area contributed by atoms with Crippen LogP contribution in [0.5, 0.6) is 0 Å². The van der Waals surface area contributed by atoms with Gasteiger partial charge in [0.2, 0.25) is 5.91 Å². The van der Waals surface area contributed by atoms with E-state index in [9.17, 15) is 0 Å². The van der Waals surface area contributed by atoms with Crippen molar-refractivity contribution in [1.82, 2.24) is 5.32 Å². The summed E-state index contributed by atoms with van der Waals surface area (Å²) in [5.41, 5.74) is 0. The van der Waals surface area contributed by atoms with Crippen LogP contribution in [-0.2, 0) is 9.47 Å². The molecule has 15 heavy (non-hydrogen) atoms. The monoisotopic (exact) mass is 215 g/mol. The molecule has 90 valence electrons. The molecule has 1 aliphatic rings. The number of unbranched alkanes of at least 4 members (excludes halogenated alkanes) is 2. The van der Waals surface area contributed by atoms with Gasteiger partial charge >= 0.3 is 0 Å². The molecule has 0 bridgehead atoms. The Bertz CT molecular complexity index is 144. The highest BCUT2D eigenvalue weighted by atomic mass is 16.7. The van der Waals surface area contributed by atoms with Crippen LogP contribution in [0.4, 0.5) is 0 Å². The molecule has 1 heterocycles. The molecule has 3 heteroatoms. The van der Waals surface area contributed by atoms with Crippen molar-refractivity contribution < 1.29 is 9.47 Å². The van der Waals surface area contributed by atoms with E-state index in [-0.39, 0.29) is 0 Å². The van der Waals surface area contributed by atoms with Crippen molar-refractivity contribution in [1.29, 1.82) is 0 Å². The highest BCUT2D eigenvalue weighted by molar-refractivity contribution is 4.75. The van der Waals surface area contributed by atoms with Crippen LogP contribution < -0.4 is 5.32 Å². The molecule has 0 radical (unpaired) electrons. The van der Waals surface area contributed by atoms with Gasteiger partial charge in [0, 0.05) is 13.0 Å². The maximum absolute atomic E-state index is 5.84. The van der Waals surface area contributed by atoms with Gasteiger partial charge in [0.05, 0.1) is 13.2 Å². The summed E-state index contributed by atoms with van der Waals surface area (Å²) in [5.74, 6) is -0.454. The Balaban J connectivity index is 2.26. The van der Waals surface area contributed by atoms with Crippen molar-refractivity contribution in [3.05, 3.63) is 0 Å². The Hall–Kier alpha value is -0.120. The van der Waals surface area contributed by atoms with E-state index >= 15 is 0 Å². The second kappa shape index (κ2) is 7.20. The quantitative estimate of drug-likeness (QED) is 0.499. The maximum atomic E-state index is 5.84. The van der Waals surface area contributed by atoms with Gasteiger partial charge < -0.3 is 9.47 Å². The Morgan fingerprint density at radius 1 is 1.07 bits per heavy atom. The van der Waals surface area contributed by atoms with Gasteiger partial charge in [-0.05, 0) is 19.3 Å². The highest BCUT2D eigenvalue weighted by Gasteiger charge is 2.35. The minimum absolute atomic E-state index is 0.454. The van der Waals surface area contributed by atoms with E-state index < -0.39 is 5.91 Å². The summed E-state index contributed by atoms with van der Waals surface area (Å²) >= 11 is 0. The number of hydrogen-bond acceptors (Lipinski definition) is 3.